The van der Waals surface area contributed by atoms with Gasteiger partial charge in [-0.05, 0) is 24.6 Å². The largest absolute Gasteiger partial charge is 0.508 e. The van der Waals surface area contributed by atoms with Crippen LogP contribution in [0.25, 0.3) is 0 Å². The molecule has 2 aromatic carbocycles. The molecule has 1 heterocycles. The molecule has 0 amide bonds. The maximum Gasteiger partial charge on any atom is 0.146 e. The number of benzene rings is 2. The molecule has 1 atom stereocenters. The summed E-state index contributed by atoms with van der Waals surface area (Å²) in [4.78, 5) is 2.24. The molecule has 0 aromatic heterocycles. The summed E-state index contributed by atoms with van der Waals surface area (Å²) in [6, 6.07) is 13.8. The lowest BCUT2D eigenvalue weighted by atomic mass is 10.0. The Balaban J connectivity index is 1.84. The van der Waals surface area contributed by atoms with Crippen molar-refractivity contribution < 1.29 is 9.84 Å². The third kappa shape index (κ3) is 3.08. The van der Waals surface area contributed by atoms with Crippen molar-refractivity contribution in [2.24, 2.45) is 0 Å². The van der Waals surface area contributed by atoms with Gasteiger partial charge < -0.3 is 14.7 Å². The van der Waals surface area contributed by atoms with Crippen molar-refractivity contribution in [3.8, 4) is 11.5 Å². The van der Waals surface area contributed by atoms with Crippen molar-refractivity contribution in [1.29, 1.82) is 0 Å². The van der Waals surface area contributed by atoms with Crippen molar-refractivity contribution in [3.05, 3.63) is 66.2 Å². The van der Waals surface area contributed by atoms with Crippen LogP contribution in [0.15, 0.2) is 55.1 Å². The van der Waals surface area contributed by atoms with Gasteiger partial charge in [-0.25, -0.2) is 0 Å². The number of fused-ring (bicyclic) bond motifs is 1. The summed E-state index contributed by atoms with van der Waals surface area (Å²) in [5, 5.41) is 9.70. The Morgan fingerprint density at radius 2 is 2.18 bits per heavy atom. The van der Waals surface area contributed by atoms with Crippen LogP contribution in [-0.2, 0) is 6.42 Å². The normalized spacial score (nSPS) is 16.8. The summed E-state index contributed by atoms with van der Waals surface area (Å²) >= 11 is 0. The van der Waals surface area contributed by atoms with Gasteiger partial charge in [-0.2, -0.15) is 0 Å². The summed E-state index contributed by atoms with van der Waals surface area (Å²) in [5.41, 5.74) is 3.54. The molecule has 0 spiro atoms. The summed E-state index contributed by atoms with van der Waals surface area (Å²) in [6.07, 6.45) is 2.81. The van der Waals surface area contributed by atoms with E-state index in [0.717, 1.165) is 30.9 Å². The van der Waals surface area contributed by atoms with Crippen LogP contribution >= 0.6 is 0 Å². The number of phenolic OH excluding ortho intramolecular Hbond substituents is 1. The lowest BCUT2D eigenvalue weighted by Crippen LogP contribution is -2.41. The molecular formula is C19H21NO2. The van der Waals surface area contributed by atoms with Crippen molar-refractivity contribution in [3.63, 3.8) is 0 Å². The zero-order chi connectivity index (χ0) is 15.5. The number of nitrogens with zero attached hydrogens (tertiary/aromatic N) is 1. The smallest absolute Gasteiger partial charge is 0.146 e. The van der Waals surface area contributed by atoms with Crippen LogP contribution in [0.1, 0.15) is 11.1 Å². The Labute approximate surface area is 131 Å². The second-order valence-corrected chi connectivity index (χ2v) is 5.78. The molecule has 0 saturated carbocycles. The van der Waals surface area contributed by atoms with Gasteiger partial charge in [0.1, 0.15) is 17.6 Å². The molecule has 0 radical (unpaired) electrons. The Kier molecular flexibility index (Phi) is 4.05. The number of aryl methyl sites for hydroxylation is 1. The van der Waals surface area contributed by atoms with E-state index in [1.54, 1.807) is 12.1 Å². The van der Waals surface area contributed by atoms with Crippen LogP contribution in [0, 0.1) is 6.92 Å². The van der Waals surface area contributed by atoms with Gasteiger partial charge >= 0.3 is 0 Å². The van der Waals surface area contributed by atoms with Gasteiger partial charge in [0.2, 0.25) is 0 Å². The first-order valence-electron chi connectivity index (χ1n) is 7.57. The van der Waals surface area contributed by atoms with Gasteiger partial charge in [0, 0.05) is 19.0 Å². The van der Waals surface area contributed by atoms with E-state index in [1.807, 2.05) is 12.1 Å². The number of aromatic hydroxyl groups is 1. The first-order valence-corrected chi connectivity index (χ1v) is 7.57. The summed E-state index contributed by atoms with van der Waals surface area (Å²) in [5.74, 6) is 0.972. The Morgan fingerprint density at radius 1 is 1.32 bits per heavy atom. The molecule has 0 bridgehead atoms. The van der Waals surface area contributed by atoms with Gasteiger partial charge in [0.15, 0.2) is 0 Å². The molecule has 2 aromatic rings. The predicted molar refractivity (Wildman–Crippen MR) is 89.8 cm³/mol. The number of rotatable bonds is 4. The van der Waals surface area contributed by atoms with Crippen molar-refractivity contribution >= 4 is 5.69 Å². The number of phenols is 1. The highest BCUT2D eigenvalue weighted by Crippen LogP contribution is 2.36. The minimum Gasteiger partial charge on any atom is -0.508 e. The lowest BCUT2D eigenvalue weighted by Gasteiger charge is -2.36. The van der Waals surface area contributed by atoms with Crippen LogP contribution in [0.2, 0.25) is 0 Å². The quantitative estimate of drug-likeness (QED) is 0.873. The van der Waals surface area contributed by atoms with Gasteiger partial charge in [0.05, 0.1) is 12.2 Å². The predicted octanol–water partition coefficient (Wildman–Crippen LogP) is 3.70. The van der Waals surface area contributed by atoms with Crippen molar-refractivity contribution in [1.82, 2.24) is 0 Å². The van der Waals surface area contributed by atoms with Gasteiger partial charge in [-0.15, -0.1) is 6.58 Å². The minimum atomic E-state index is 0.0658. The Bertz CT molecular complexity index is 681. The minimum absolute atomic E-state index is 0.0658. The molecule has 1 aliphatic heterocycles. The van der Waals surface area contributed by atoms with Crippen molar-refractivity contribution in [2.75, 3.05) is 18.0 Å². The monoisotopic (exact) mass is 295 g/mol. The first-order chi connectivity index (χ1) is 10.7. The average molecular weight is 295 g/mol. The van der Waals surface area contributed by atoms with E-state index in [4.69, 9.17) is 4.74 Å². The summed E-state index contributed by atoms with van der Waals surface area (Å²) in [7, 11) is 0. The molecule has 3 heteroatoms. The van der Waals surface area contributed by atoms with E-state index in [-0.39, 0.29) is 11.9 Å². The third-order valence-electron chi connectivity index (χ3n) is 3.90. The summed E-state index contributed by atoms with van der Waals surface area (Å²) in [6.45, 7) is 7.52. The van der Waals surface area contributed by atoms with Crippen molar-refractivity contribution in [2.45, 2.75) is 19.4 Å². The number of anilines is 1. The standard InChI is InChI=1S/C19H21NO2/c1-3-9-20-13-17(11-15-6-4-5-14(2)10-15)22-19-12-16(21)7-8-18(19)20/h3-8,10,12,17,21H,1,9,11,13H2,2H3. The van der Waals surface area contributed by atoms with E-state index in [0.29, 0.717) is 0 Å². The Hall–Kier alpha value is -2.42. The molecule has 1 unspecified atom stereocenters. The topological polar surface area (TPSA) is 32.7 Å². The average Bonchev–Trinajstić information content (AvgIpc) is 2.47. The van der Waals surface area contributed by atoms with Crippen LogP contribution < -0.4 is 9.64 Å². The third-order valence-corrected chi connectivity index (χ3v) is 3.90. The summed E-state index contributed by atoms with van der Waals surface area (Å²) < 4.78 is 6.10. The molecule has 22 heavy (non-hydrogen) atoms. The molecule has 1 N–H and O–H groups in total. The lowest BCUT2D eigenvalue weighted by molar-refractivity contribution is 0.194. The van der Waals surface area contributed by atoms with E-state index < -0.39 is 0 Å². The van der Waals surface area contributed by atoms with E-state index >= 15 is 0 Å². The molecular weight excluding hydrogens is 274 g/mol. The molecule has 0 fully saturated rings. The molecule has 114 valence electrons. The van der Waals surface area contributed by atoms with Crippen LogP contribution in [0.3, 0.4) is 0 Å². The second kappa shape index (κ2) is 6.14. The van der Waals surface area contributed by atoms with Crippen LogP contribution in [0.4, 0.5) is 5.69 Å². The fraction of sp³-hybridized carbons (Fsp3) is 0.263. The highest BCUT2D eigenvalue weighted by molar-refractivity contribution is 5.62. The SMILES string of the molecule is C=CCN1CC(Cc2cccc(C)c2)Oc2cc(O)ccc21. The van der Waals surface area contributed by atoms with E-state index in [1.165, 1.54) is 11.1 Å². The van der Waals surface area contributed by atoms with E-state index in [2.05, 4.69) is 42.7 Å². The fourth-order valence-corrected chi connectivity index (χ4v) is 2.96. The molecule has 3 rings (SSSR count). The first kappa shape index (κ1) is 14.5. The maximum absolute atomic E-state index is 9.70. The fourth-order valence-electron chi connectivity index (χ4n) is 2.96. The van der Waals surface area contributed by atoms with Crippen LogP contribution in [0.5, 0.6) is 11.5 Å². The number of ether oxygens (including phenoxy) is 1. The zero-order valence-corrected chi connectivity index (χ0v) is 12.8. The second-order valence-electron chi connectivity index (χ2n) is 5.78. The highest BCUT2D eigenvalue weighted by Gasteiger charge is 2.25. The maximum atomic E-state index is 9.70. The zero-order valence-electron chi connectivity index (χ0n) is 12.8. The highest BCUT2D eigenvalue weighted by atomic mass is 16.5. The van der Waals surface area contributed by atoms with Crippen LogP contribution in [-0.4, -0.2) is 24.3 Å². The van der Waals surface area contributed by atoms with Gasteiger partial charge in [0.25, 0.3) is 0 Å². The van der Waals surface area contributed by atoms with Gasteiger partial charge in [-0.3, -0.25) is 0 Å². The molecule has 1 aliphatic rings. The molecule has 0 saturated heterocycles. The van der Waals surface area contributed by atoms with Gasteiger partial charge in [-0.1, -0.05) is 35.9 Å². The number of hydrogen-bond donors (Lipinski definition) is 1. The molecule has 0 aliphatic carbocycles. The Morgan fingerprint density at radius 3 is 2.95 bits per heavy atom. The molecule has 3 nitrogen and oxygen atoms in total. The number of hydrogen-bond acceptors (Lipinski definition) is 3. The van der Waals surface area contributed by atoms with E-state index in [9.17, 15) is 5.11 Å².